The van der Waals surface area contributed by atoms with E-state index < -0.39 is 36.2 Å². The Labute approximate surface area is 203 Å². The minimum atomic E-state index is -0.813. The molecular formula is C22H21BrClN3O6. The zero-order valence-corrected chi connectivity index (χ0v) is 20.2. The molecule has 1 fully saturated rings. The summed E-state index contributed by atoms with van der Waals surface area (Å²) >= 11 is 9.44. The molecule has 3 amide bonds. The molecule has 0 bridgehead atoms. The number of para-hydroxylation sites is 1. The van der Waals surface area contributed by atoms with Crippen molar-refractivity contribution >= 4 is 56.9 Å². The highest BCUT2D eigenvalue weighted by atomic mass is 79.9. The first kappa shape index (κ1) is 24.5. The summed E-state index contributed by atoms with van der Waals surface area (Å²) in [5.41, 5.74) is 3.88. The van der Waals surface area contributed by atoms with Crippen molar-refractivity contribution < 1.29 is 28.7 Å². The van der Waals surface area contributed by atoms with Gasteiger partial charge < -0.3 is 14.8 Å². The number of hydrogen-bond acceptors (Lipinski definition) is 6. The van der Waals surface area contributed by atoms with Crippen LogP contribution in [0.25, 0.3) is 0 Å². The lowest BCUT2D eigenvalue weighted by molar-refractivity contribution is -0.151. The van der Waals surface area contributed by atoms with Gasteiger partial charge in [0.1, 0.15) is 5.75 Å². The molecule has 9 nitrogen and oxygen atoms in total. The Hall–Kier alpha value is -3.11. The highest BCUT2D eigenvalue weighted by Gasteiger charge is 2.37. The van der Waals surface area contributed by atoms with Crippen LogP contribution in [0.15, 0.2) is 40.9 Å². The van der Waals surface area contributed by atoms with Gasteiger partial charge in [0, 0.05) is 16.6 Å². The molecule has 174 valence electrons. The largest absolute Gasteiger partial charge is 0.496 e. The van der Waals surface area contributed by atoms with E-state index in [9.17, 15) is 19.2 Å². The number of benzene rings is 2. The first-order valence-electron chi connectivity index (χ1n) is 9.86. The Morgan fingerprint density at radius 1 is 1.21 bits per heavy atom. The van der Waals surface area contributed by atoms with Crippen molar-refractivity contribution in [2.45, 2.75) is 13.3 Å². The maximum Gasteiger partial charge on any atom is 0.311 e. The van der Waals surface area contributed by atoms with E-state index in [4.69, 9.17) is 21.1 Å². The van der Waals surface area contributed by atoms with E-state index in [0.29, 0.717) is 26.5 Å². The average molecular weight is 539 g/mol. The molecule has 0 aromatic heterocycles. The number of amides is 3. The first-order chi connectivity index (χ1) is 15.7. The van der Waals surface area contributed by atoms with Gasteiger partial charge in [0.2, 0.25) is 5.91 Å². The maximum absolute atomic E-state index is 12.5. The lowest BCUT2D eigenvalue weighted by Crippen LogP contribution is -2.43. The molecular weight excluding hydrogens is 518 g/mol. The summed E-state index contributed by atoms with van der Waals surface area (Å²) < 4.78 is 10.9. The number of halogens is 2. The molecule has 2 N–H and O–H groups in total. The summed E-state index contributed by atoms with van der Waals surface area (Å²) in [7, 11) is 1.43. The van der Waals surface area contributed by atoms with Crippen LogP contribution in [0.2, 0.25) is 5.02 Å². The van der Waals surface area contributed by atoms with Crippen LogP contribution < -0.4 is 15.5 Å². The Kier molecular flexibility index (Phi) is 7.93. The Morgan fingerprint density at radius 3 is 2.67 bits per heavy atom. The lowest BCUT2D eigenvalue weighted by atomic mass is 10.1. The standard InChI is InChI=1S/C22H21BrClN3O6/c1-12-16(8-7-15(23)20(12)24)25-18(28)11-33-22(31)13-9-19(29)27(10-13)26-21(30)14-5-3-4-6-17(14)32-2/h3-8,13H,9-11H2,1-2H3,(H,25,28)(H,26,30)/t13-/m0/s1. The maximum atomic E-state index is 12.5. The van der Waals surface area contributed by atoms with E-state index >= 15 is 0 Å². The zero-order valence-electron chi connectivity index (χ0n) is 17.8. The van der Waals surface area contributed by atoms with Crippen LogP contribution in [0, 0.1) is 12.8 Å². The molecule has 1 aliphatic heterocycles. The number of carbonyl (C=O) groups is 4. The fourth-order valence-corrected chi connectivity index (χ4v) is 3.81. The molecule has 0 unspecified atom stereocenters. The van der Waals surface area contributed by atoms with Gasteiger partial charge in [0.25, 0.3) is 11.8 Å². The first-order valence-corrected chi connectivity index (χ1v) is 11.0. The minimum absolute atomic E-state index is 0.0679. The molecule has 1 heterocycles. The summed E-state index contributed by atoms with van der Waals surface area (Å²) in [6.45, 7) is 1.15. The minimum Gasteiger partial charge on any atom is -0.496 e. The molecule has 2 aromatic carbocycles. The van der Waals surface area contributed by atoms with Crippen LogP contribution in [-0.2, 0) is 19.1 Å². The van der Waals surface area contributed by atoms with Gasteiger partial charge in [-0.15, -0.1) is 0 Å². The topological polar surface area (TPSA) is 114 Å². The third-order valence-corrected chi connectivity index (χ3v) is 6.38. The van der Waals surface area contributed by atoms with Crippen molar-refractivity contribution in [1.82, 2.24) is 10.4 Å². The van der Waals surface area contributed by atoms with Crippen molar-refractivity contribution in [1.29, 1.82) is 0 Å². The van der Waals surface area contributed by atoms with Gasteiger partial charge in [0.05, 0.1) is 30.2 Å². The van der Waals surface area contributed by atoms with E-state index in [2.05, 4.69) is 26.7 Å². The number of rotatable bonds is 7. The van der Waals surface area contributed by atoms with Crippen molar-refractivity contribution in [3.63, 3.8) is 0 Å². The normalized spacial score (nSPS) is 15.2. The van der Waals surface area contributed by atoms with Crippen molar-refractivity contribution in [2.75, 3.05) is 25.6 Å². The van der Waals surface area contributed by atoms with Crippen molar-refractivity contribution in [3.05, 3.63) is 57.0 Å². The number of nitrogens with zero attached hydrogens (tertiary/aromatic N) is 1. The summed E-state index contributed by atoms with van der Waals surface area (Å²) in [6, 6.07) is 9.91. The molecule has 1 saturated heterocycles. The van der Waals surface area contributed by atoms with Gasteiger partial charge in [-0.2, -0.15) is 0 Å². The molecule has 3 rings (SSSR count). The third-order valence-electron chi connectivity index (χ3n) is 5.01. The number of hydrazine groups is 1. The molecule has 0 radical (unpaired) electrons. The Balaban J connectivity index is 1.52. The van der Waals surface area contributed by atoms with E-state index in [1.54, 1.807) is 43.3 Å². The second-order valence-corrected chi connectivity index (χ2v) is 8.47. The van der Waals surface area contributed by atoms with Crippen molar-refractivity contribution in [2.24, 2.45) is 5.92 Å². The molecule has 11 heteroatoms. The Bertz CT molecular complexity index is 1110. The van der Waals surface area contributed by atoms with Crippen LogP contribution in [-0.4, -0.2) is 49.0 Å². The summed E-state index contributed by atoms with van der Waals surface area (Å²) in [5.74, 6) is -2.70. The van der Waals surface area contributed by atoms with Gasteiger partial charge in [-0.1, -0.05) is 23.7 Å². The number of nitrogens with one attached hydrogen (secondary N) is 2. The van der Waals surface area contributed by atoms with Gasteiger partial charge in [-0.05, 0) is 52.7 Å². The Morgan fingerprint density at radius 2 is 1.94 bits per heavy atom. The molecule has 0 saturated carbocycles. The van der Waals surface area contributed by atoms with E-state index in [1.807, 2.05) is 0 Å². The summed E-state index contributed by atoms with van der Waals surface area (Å²) in [4.78, 5) is 49.3. The van der Waals surface area contributed by atoms with Crippen LogP contribution >= 0.6 is 27.5 Å². The SMILES string of the molecule is COc1ccccc1C(=O)NN1C[C@@H](C(=O)OCC(=O)Nc2ccc(Br)c(Cl)c2C)CC1=O. The predicted molar refractivity (Wildman–Crippen MR) is 124 cm³/mol. The molecule has 1 aliphatic rings. The number of hydrogen-bond donors (Lipinski definition) is 2. The van der Waals surface area contributed by atoms with Crippen LogP contribution in [0.4, 0.5) is 5.69 Å². The van der Waals surface area contributed by atoms with Gasteiger partial charge >= 0.3 is 5.97 Å². The van der Waals surface area contributed by atoms with Crippen LogP contribution in [0.1, 0.15) is 22.3 Å². The number of carbonyl (C=O) groups excluding carboxylic acids is 4. The van der Waals surface area contributed by atoms with Gasteiger partial charge in [-0.25, -0.2) is 0 Å². The molecule has 0 spiro atoms. The number of esters is 1. The fraction of sp³-hybridized carbons (Fsp3) is 0.273. The predicted octanol–water partition coefficient (Wildman–Crippen LogP) is 3.09. The molecule has 2 aromatic rings. The van der Waals surface area contributed by atoms with E-state index in [0.717, 1.165) is 5.01 Å². The quantitative estimate of drug-likeness (QED) is 0.524. The van der Waals surface area contributed by atoms with Gasteiger partial charge in [0.15, 0.2) is 6.61 Å². The van der Waals surface area contributed by atoms with Crippen molar-refractivity contribution in [3.8, 4) is 5.75 Å². The van der Waals surface area contributed by atoms with E-state index in [1.165, 1.54) is 7.11 Å². The highest BCUT2D eigenvalue weighted by Crippen LogP contribution is 2.31. The lowest BCUT2D eigenvalue weighted by Gasteiger charge is -2.18. The zero-order chi connectivity index (χ0) is 24.1. The number of anilines is 1. The number of ether oxygens (including phenoxy) is 2. The van der Waals surface area contributed by atoms with Gasteiger partial charge in [-0.3, -0.25) is 29.6 Å². The monoisotopic (exact) mass is 537 g/mol. The second-order valence-electron chi connectivity index (χ2n) is 7.24. The fourth-order valence-electron chi connectivity index (χ4n) is 3.22. The average Bonchev–Trinajstić information content (AvgIpc) is 3.17. The van der Waals surface area contributed by atoms with E-state index in [-0.39, 0.29) is 18.5 Å². The molecule has 1 atom stereocenters. The van der Waals surface area contributed by atoms with Crippen LogP contribution in [0.3, 0.4) is 0 Å². The summed E-state index contributed by atoms with van der Waals surface area (Å²) in [5, 5.41) is 4.16. The number of methoxy groups -OCH3 is 1. The smallest absolute Gasteiger partial charge is 0.311 e. The second kappa shape index (κ2) is 10.7. The molecule has 33 heavy (non-hydrogen) atoms. The van der Waals surface area contributed by atoms with Crippen LogP contribution in [0.5, 0.6) is 5.75 Å². The third kappa shape index (κ3) is 5.82. The highest BCUT2D eigenvalue weighted by molar-refractivity contribution is 9.10. The summed E-state index contributed by atoms with van der Waals surface area (Å²) in [6.07, 6.45) is -0.145. The molecule has 0 aliphatic carbocycles.